The van der Waals surface area contributed by atoms with Gasteiger partial charge in [0.1, 0.15) is 6.10 Å². The first-order chi connectivity index (χ1) is 11.6. The molecule has 1 amide bonds. The second-order valence-electron chi connectivity index (χ2n) is 5.83. The minimum Gasteiger partial charge on any atom is -0.383 e. The first-order valence-corrected chi connectivity index (χ1v) is 8.05. The van der Waals surface area contributed by atoms with Gasteiger partial charge in [-0.1, -0.05) is 48.5 Å². The second kappa shape index (κ2) is 7.27. The van der Waals surface area contributed by atoms with E-state index in [1.807, 2.05) is 66.3 Å². The van der Waals surface area contributed by atoms with Gasteiger partial charge in [-0.05, 0) is 11.6 Å². The molecule has 0 saturated heterocycles. The lowest BCUT2D eigenvalue weighted by molar-refractivity contribution is -0.129. The van der Waals surface area contributed by atoms with E-state index in [0.29, 0.717) is 19.4 Å². The van der Waals surface area contributed by atoms with Crippen LogP contribution in [0.4, 0.5) is 0 Å². The van der Waals surface area contributed by atoms with E-state index in [-0.39, 0.29) is 5.91 Å². The molecule has 0 unspecified atom stereocenters. The molecule has 3 aromatic rings. The van der Waals surface area contributed by atoms with E-state index in [4.69, 9.17) is 0 Å². The molecule has 3 rings (SSSR count). The van der Waals surface area contributed by atoms with Crippen molar-refractivity contribution in [2.75, 3.05) is 6.54 Å². The van der Waals surface area contributed by atoms with Crippen LogP contribution in [0.25, 0.3) is 10.9 Å². The highest BCUT2D eigenvalue weighted by molar-refractivity contribution is 5.82. The van der Waals surface area contributed by atoms with Crippen LogP contribution in [-0.4, -0.2) is 33.4 Å². The normalized spacial score (nSPS) is 12.2. The van der Waals surface area contributed by atoms with E-state index in [9.17, 15) is 9.90 Å². The number of benzene rings is 2. The average Bonchev–Trinajstić information content (AvgIpc) is 2.92. The molecule has 5 nitrogen and oxygen atoms in total. The van der Waals surface area contributed by atoms with Gasteiger partial charge in [-0.3, -0.25) is 9.48 Å². The van der Waals surface area contributed by atoms with E-state index < -0.39 is 6.10 Å². The van der Waals surface area contributed by atoms with E-state index >= 15 is 0 Å². The number of carbonyl (C=O) groups is 1. The summed E-state index contributed by atoms with van der Waals surface area (Å²) in [7, 11) is 1.91. The second-order valence-corrected chi connectivity index (χ2v) is 5.83. The Hall–Kier alpha value is -2.66. The summed E-state index contributed by atoms with van der Waals surface area (Å²) in [6, 6.07) is 17.5. The number of carbonyl (C=O) groups excluding carboxylic acids is 1. The fourth-order valence-electron chi connectivity index (χ4n) is 2.83. The van der Waals surface area contributed by atoms with Crippen LogP contribution in [0.1, 0.15) is 11.3 Å². The summed E-state index contributed by atoms with van der Waals surface area (Å²) < 4.78 is 1.84. The maximum absolute atomic E-state index is 12.0. The van der Waals surface area contributed by atoms with Gasteiger partial charge in [-0.2, -0.15) is 5.10 Å². The standard InChI is InChI=1S/C19H21N3O2/c1-22-17-10-6-5-9-15(17)16(21-22)11-12-20-19(24)18(23)13-14-7-3-2-4-8-14/h2-10,18,23H,11-13H2,1H3,(H,20,24)/t18-/m0/s1. The van der Waals surface area contributed by atoms with Crippen LogP contribution in [-0.2, 0) is 24.7 Å². The van der Waals surface area contributed by atoms with Crippen LogP contribution in [0.2, 0.25) is 0 Å². The molecule has 0 aliphatic rings. The van der Waals surface area contributed by atoms with Gasteiger partial charge in [0.2, 0.25) is 5.91 Å². The minimum atomic E-state index is -1.03. The van der Waals surface area contributed by atoms with Gasteiger partial charge < -0.3 is 10.4 Å². The summed E-state index contributed by atoms with van der Waals surface area (Å²) in [6.07, 6.45) is -0.0856. The number of aliphatic hydroxyl groups excluding tert-OH is 1. The Kier molecular flexibility index (Phi) is 4.91. The topological polar surface area (TPSA) is 67.2 Å². The fourth-order valence-corrected chi connectivity index (χ4v) is 2.83. The molecule has 124 valence electrons. The van der Waals surface area contributed by atoms with Gasteiger partial charge in [0.15, 0.2) is 0 Å². The van der Waals surface area contributed by atoms with E-state index in [1.165, 1.54) is 0 Å². The Morgan fingerprint density at radius 2 is 1.88 bits per heavy atom. The lowest BCUT2D eigenvalue weighted by Gasteiger charge is -2.11. The van der Waals surface area contributed by atoms with E-state index in [0.717, 1.165) is 22.2 Å². The number of aromatic nitrogens is 2. The molecule has 0 spiro atoms. The molecule has 24 heavy (non-hydrogen) atoms. The van der Waals surface area contributed by atoms with Crippen LogP contribution in [0, 0.1) is 0 Å². The van der Waals surface area contributed by atoms with Crippen molar-refractivity contribution in [1.29, 1.82) is 0 Å². The number of hydrogen-bond donors (Lipinski definition) is 2. The molecule has 0 bridgehead atoms. The molecule has 0 radical (unpaired) electrons. The summed E-state index contributed by atoms with van der Waals surface area (Å²) in [5, 5.41) is 18.4. The van der Waals surface area contributed by atoms with Crippen LogP contribution in [0.5, 0.6) is 0 Å². The number of fused-ring (bicyclic) bond motifs is 1. The summed E-state index contributed by atoms with van der Waals surface area (Å²) in [4.78, 5) is 12.0. The Bertz CT molecular complexity index is 827. The van der Waals surface area contributed by atoms with Crippen LogP contribution in [0.15, 0.2) is 54.6 Å². The molecular weight excluding hydrogens is 302 g/mol. The maximum Gasteiger partial charge on any atom is 0.249 e. The average molecular weight is 323 g/mol. The third kappa shape index (κ3) is 3.63. The van der Waals surface area contributed by atoms with Gasteiger partial charge in [0.05, 0.1) is 11.2 Å². The van der Waals surface area contributed by atoms with E-state index in [2.05, 4.69) is 10.4 Å². The summed E-state index contributed by atoms with van der Waals surface area (Å²) in [5.41, 5.74) is 2.96. The van der Waals surface area contributed by atoms with Crippen molar-refractivity contribution in [1.82, 2.24) is 15.1 Å². The van der Waals surface area contributed by atoms with Crippen molar-refractivity contribution in [3.63, 3.8) is 0 Å². The van der Waals surface area contributed by atoms with Crippen molar-refractivity contribution < 1.29 is 9.90 Å². The van der Waals surface area contributed by atoms with Gasteiger partial charge in [0, 0.05) is 31.8 Å². The fraction of sp³-hybridized carbons (Fsp3) is 0.263. The predicted octanol–water partition coefficient (Wildman–Crippen LogP) is 1.84. The van der Waals surface area contributed by atoms with Crippen molar-refractivity contribution in [2.45, 2.75) is 18.9 Å². The number of nitrogens with one attached hydrogen (secondary N) is 1. The first-order valence-electron chi connectivity index (χ1n) is 8.05. The smallest absolute Gasteiger partial charge is 0.249 e. The molecular formula is C19H21N3O2. The zero-order chi connectivity index (χ0) is 16.9. The third-order valence-electron chi connectivity index (χ3n) is 4.07. The number of aryl methyl sites for hydroxylation is 1. The summed E-state index contributed by atoms with van der Waals surface area (Å²) in [5.74, 6) is -0.348. The Morgan fingerprint density at radius 1 is 1.17 bits per heavy atom. The van der Waals surface area contributed by atoms with Gasteiger partial charge in [-0.25, -0.2) is 0 Å². The van der Waals surface area contributed by atoms with Crippen LogP contribution in [0.3, 0.4) is 0 Å². The Balaban J connectivity index is 1.54. The SMILES string of the molecule is Cn1nc(CCNC(=O)[C@@H](O)Cc2ccccc2)c2ccccc21. The number of hydrogen-bond acceptors (Lipinski definition) is 3. The van der Waals surface area contributed by atoms with Crippen molar-refractivity contribution >= 4 is 16.8 Å². The predicted molar refractivity (Wildman–Crippen MR) is 93.6 cm³/mol. The maximum atomic E-state index is 12.0. The highest BCUT2D eigenvalue weighted by atomic mass is 16.3. The summed E-state index contributed by atoms with van der Waals surface area (Å²) in [6.45, 7) is 0.450. The number of para-hydroxylation sites is 1. The Labute approximate surface area is 140 Å². The van der Waals surface area contributed by atoms with Crippen LogP contribution >= 0.6 is 0 Å². The van der Waals surface area contributed by atoms with Crippen molar-refractivity contribution in [2.24, 2.45) is 7.05 Å². The largest absolute Gasteiger partial charge is 0.383 e. The van der Waals surface area contributed by atoms with Gasteiger partial charge >= 0.3 is 0 Å². The third-order valence-corrected chi connectivity index (χ3v) is 4.07. The zero-order valence-corrected chi connectivity index (χ0v) is 13.6. The molecule has 0 saturated carbocycles. The number of nitrogens with zero attached hydrogens (tertiary/aromatic N) is 2. The molecule has 5 heteroatoms. The van der Waals surface area contributed by atoms with Crippen molar-refractivity contribution in [3.8, 4) is 0 Å². The highest BCUT2D eigenvalue weighted by Gasteiger charge is 2.15. The lowest BCUT2D eigenvalue weighted by Crippen LogP contribution is -2.37. The lowest BCUT2D eigenvalue weighted by atomic mass is 10.1. The Morgan fingerprint density at radius 3 is 2.67 bits per heavy atom. The minimum absolute atomic E-state index is 0.319. The van der Waals surface area contributed by atoms with Crippen molar-refractivity contribution in [3.05, 3.63) is 65.9 Å². The van der Waals surface area contributed by atoms with Gasteiger partial charge in [-0.15, -0.1) is 0 Å². The molecule has 0 aliphatic carbocycles. The highest BCUT2D eigenvalue weighted by Crippen LogP contribution is 2.17. The monoisotopic (exact) mass is 323 g/mol. The quantitative estimate of drug-likeness (QED) is 0.727. The molecule has 1 aromatic heterocycles. The molecule has 1 heterocycles. The number of amides is 1. The first kappa shape index (κ1) is 16.2. The zero-order valence-electron chi connectivity index (χ0n) is 13.6. The van der Waals surface area contributed by atoms with Crippen LogP contribution < -0.4 is 5.32 Å². The number of aliphatic hydroxyl groups is 1. The summed E-state index contributed by atoms with van der Waals surface area (Å²) >= 11 is 0. The molecule has 0 fully saturated rings. The molecule has 0 aliphatic heterocycles. The molecule has 2 N–H and O–H groups in total. The molecule has 2 aromatic carbocycles. The van der Waals surface area contributed by atoms with Gasteiger partial charge in [0.25, 0.3) is 0 Å². The molecule has 1 atom stereocenters. The van der Waals surface area contributed by atoms with E-state index in [1.54, 1.807) is 0 Å². The number of rotatable bonds is 6.